The van der Waals surface area contributed by atoms with Crippen molar-refractivity contribution in [1.82, 2.24) is 0 Å². The monoisotopic (exact) mass is 217 g/mol. The predicted molar refractivity (Wildman–Crippen MR) is 63.7 cm³/mol. The maximum atomic E-state index is 12.2. The average molecular weight is 217 g/mol. The predicted octanol–water partition coefficient (Wildman–Crippen LogP) is 2.57. The van der Waals surface area contributed by atoms with E-state index < -0.39 is 0 Å². The molecule has 3 nitrogen and oxygen atoms in total. The van der Waals surface area contributed by atoms with Crippen molar-refractivity contribution in [1.29, 1.82) is 0 Å². The quantitative estimate of drug-likeness (QED) is 0.625. The van der Waals surface area contributed by atoms with Crippen LogP contribution < -0.4 is 10.5 Å². The largest absolute Gasteiger partial charge is 0.496 e. The number of ether oxygens (including phenoxy) is 1. The molecule has 0 saturated heterocycles. The van der Waals surface area contributed by atoms with Crippen LogP contribution in [0.15, 0.2) is 29.8 Å². The highest BCUT2D eigenvalue weighted by atomic mass is 16.5. The molecule has 2 N–H and O–H groups in total. The van der Waals surface area contributed by atoms with Gasteiger partial charge in [0, 0.05) is 5.69 Å². The molecule has 0 bridgehead atoms. The molecule has 0 aliphatic heterocycles. The molecule has 84 valence electrons. The van der Waals surface area contributed by atoms with E-state index in [1.165, 1.54) is 0 Å². The van der Waals surface area contributed by atoms with Gasteiger partial charge in [-0.05, 0) is 37.0 Å². The van der Waals surface area contributed by atoms with Gasteiger partial charge in [-0.25, -0.2) is 0 Å². The van der Waals surface area contributed by atoms with E-state index in [1.807, 2.05) is 6.08 Å². The van der Waals surface area contributed by atoms with Gasteiger partial charge < -0.3 is 10.5 Å². The highest BCUT2D eigenvalue weighted by Gasteiger charge is 2.21. The molecule has 0 spiro atoms. The maximum absolute atomic E-state index is 12.2. The van der Waals surface area contributed by atoms with Gasteiger partial charge in [-0.2, -0.15) is 0 Å². The number of methoxy groups -OCH3 is 1. The lowest BCUT2D eigenvalue weighted by Crippen LogP contribution is -2.08. The van der Waals surface area contributed by atoms with E-state index in [2.05, 4.69) is 0 Å². The number of hydrogen-bond acceptors (Lipinski definition) is 3. The lowest BCUT2D eigenvalue weighted by molar-refractivity contribution is 0.103. The van der Waals surface area contributed by atoms with Gasteiger partial charge in [0.1, 0.15) is 5.75 Å². The Bertz CT molecular complexity index is 449. The first kappa shape index (κ1) is 10.7. The van der Waals surface area contributed by atoms with E-state index in [1.54, 1.807) is 25.3 Å². The number of carbonyl (C=O) groups is 1. The minimum absolute atomic E-state index is 0.00690. The zero-order chi connectivity index (χ0) is 11.5. The number of ketones is 1. The number of benzene rings is 1. The Kier molecular flexibility index (Phi) is 2.95. The first-order valence-corrected chi connectivity index (χ1v) is 5.40. The van der Waals surface area contributed by atoms with Crippen molar-refractivity contribution >= 4 is 11.5 Å². The molecule has 2 rings (SSSR count). The van der Waals surface area contributed by atoms with Gasteiger partial charge in [0.25, 0.3) is 0 Å². The average Bonchev–Trinajstić information content (AvgIpc) is 2.81. The van der Waals surface area contributed by atoms with Gasteiger partial charge in [-0.15, -0.1) is 0 Å². The summed E-state index contributed by atoms with van der Waals surface area (Å²) in [5.41, 5.74) is 7.68. The van der Waals surface area contributed by atoms with Crippen LogP contribution in [0.2, 0.25) is 0 Å². The van der Waals surface area contributed by atoms with Gasteiger partial charge in [0.15, 0.2) is 5.78 Å². The minimum Gasteiger partial charge on any atom is -0.496 e. The molecule has 0 fully saturated rings. The van der Waals surface area contributed by atoms with Crippen LogP contribution in [0.3, 0.4) is 0 Å². The molecule has 0 saturated carbocycles. The Hall–Kier alpha value is -1.77. The summed E-state index contributed by atoms with van der Waals surface area (Å²) >= 11 is 0. The van der Waals surface area contributed by atoms with Crippen molar-refractivity contribution in [2.75, 3.05) is 12.8 Å². The Morgan fingerprint density at radius 3 is 2.88 bits per heavy atom. The smallest absolute Gasteiger partial charge is 0.194 e. The van der Waals surface area contributed by atoms with Crippen LogP contribution in [0.25, 0.3) is 0 Å². The summed E-state index contributed by atoms with van der Waals surface area (Å²) in [4.78, 5) is 12.2. The number of nitrogen functional groups attached to an aromatic ring is 1. The van der Waals surface area contributed by atoms with Gasteiger partial charge in [-0.1, -0.05) is 12.1 Å². The highest BCUT2D eigenvalue weighted by molar-refractivity contribution is 6.13. The topological polar surface area (TPSA) is 52.3 Å². The molecule has 0 amide bonds. The Balaban J connectivity index is 2.42. The molecule has 1 aliphatic rings. The lowest BCUT2D eigenvalue weighted by Gasteiger charge is -2.10. The third kappa shape index (κ3) is 1.81. The summed E-state index contributed by atoms with van der Waals surface area (Å²) in [6.45, 7) is 0. The molecule has 0 heterocycles. The summed E-state index contributed by atoms with van der Waals surface area (Å²) in [6.07, 6.45) is 4.87. The second-order valence-corrected chi connectivity index (χ2v) is 3.88. The molecular weight excluding hydrogens is 202 g/mol. The molecule has 0 radical (unpaired) electrons. The summed E-state index contributed by atoms with van der Waals surface area (Å²) < 4.78 is 5.18. The molecule has 0 unspecified atom stereocenters. The third-order valence-electron chi connectivity index (χ3n) is 2.84. The first-order valence-electron chi connectivity index (χ1n) is 5.40. The van der Waals surface area contributed by atoms with Crippen molar-refractivity contribution in [2.45, 2.75) is 19.3 Å². The van der Waals surface area contributed by atoms with E-state index in [-0.39, 0.29) is 5.78 Å². The van der Waals surface area contributed by atoms with Crippen molar-refractivity contribution in [3.05, 3.63) is 35.4 Å². The molecule has 1 aliphatic carbocycles. The standard InChI is InChI=1S/C13H15NO2/c1-16-11-8-4-7-10(14)12(11)13(15)9-5-2-3-6-9/h4-5,7-8H,2-3,6,14H2,1H3. The Morgan fingerprint density at radius 2 is 2.25 bits per heavy atom. The highest BCUT2D eigenvalue weighted by Crippen LogP contribution is 2.30. The molecule has 3 heteroatoms. The Morgan fingerprint density at radius 1 is 1.44 bits per heavy atom. The molecule has 0 atom stereocenters. The van der Waals surface area contributed by atoms with Gasteiger partial charge in [0.2, 0.25) is 0 Å². The van der Waals surface area contributed by atoms with Crippen LogP contribution in [0, 0.1) is 0 Å². The second-order valence-electron chi connectivity index (χ2n) is 3.88. The van der Waals surface area contributed by atoms with E-state index in [0.29, 0.717) is 17.0 Å². The van der Waals surface area contributed by atoms with E-state index in [9.17, 15) is 4.79 Å². The first-order chi connectivity index (χ1) is 7.74. The fourth-order valence-electron chi connectivity index (χ4n) is 2.00. The summed E-state index contributed by atoms with van der Waals surface area (Å²) in [5, 5.41) is 0. The van der Waals surface area contributed by atoms with E-state index in [0.717, 1.165) is 24.8 Å². The normalized spacial score (nSPS) is 14.7. The zero-order valence-electron chi connectivity index (χ0n) is 9.32. The number of Topliss-reactive ketones (excluding diaryl/α,β-unsaturated/α-hetero) is 1. The maximum Gasteiger partial charge on any atom is 0.194 e. The molecule has 1 aromatic carbocycles. The minimum atomic E-state index is 0.00690. The van der Waals surface area contributed by atoms with Crippen molar-refractivity contribution in [2.24, 2.45) is 0 Å². The number of anilines is 1. The van der Waals surface area contributed by atoms with Crippen molar-refractivity contribution < 1.29 is 9.53 Å². The zero-order valence-corrected chi connectivity index (χ0v) is 9.32. The SMILES string of the molecule is COc1cccc(N)c1C(=O)C1=CCCC1. The number of nitrogens with two attached hydrogens (primary N) is 1. The number of carbonyl (C=O) groups excluding carboxylic acids is 1. The van der Waals surface area contributed by atoms with Crippen LogP contribution >= 0.6 is 0 Å². The molecule has 1 aromatic rings. The summed E-state index contributed by atoms with van der Waals surface area (Å²) in [6, 6.07) is 5.28. The van der Waals surface area contributed by atoms with Gasteiger partial charge in [0.05, 0.1) is 12.7 Å². The van der Waals surface area contributed by atoms with Crippen molar-refractivity contribution in [3.8, 4) is 5.75 Å². The van der Waals surface area contributed by atoms with Crippen LogP contribution in [-0.4, -0.2) is 12.9 Å². The van der Waals surface area contributed by atoms with Crippen LogP contribution in [-0.2, 0) is 0 Å². The van der Waals surface area contributed by atoms with Crippen LogP contribution in [0.5, 0.6) is 5.75 Å². The fraction of sp³-hybridized carbons (Fsp3) is 0.308. The molecule has 16 heavy (non-hydrogen) atoms. The number of rotatable bonds is 3. The number of hydrogen-bond donors (Lipinski definition) is 1. The van der Waals surface area contributed by atoms with E-state index >= 15 is 0 Å². The summed E-state index contributed by atoms with van der Waals surface area (Å²) in [7, 11) is 1.55. The van der Waals surface area contributed by atoms with Crippen molar-refractivity contribution in [3.63, 3.8) is 0 Å². The molecule has 0 aromatic heterocycles. The Labute approximate surface area is 94.9 Å². The number of allylic oxidation sites excluding steroid dienone is 2. The van der Waals surface area contributed by atoms with Gasteiger partial charge >= 0.3 is 0 Å². The fourth-order valence-corrected chi connectivity index (χ4v) is 2.00. The van der Waals surface area contributed by atoms with Crippen LogP contribution in [0.4, 0.5) is 5.69 Å². The molecular formula is C13H15NO2. The third-order valence-corrected chi connectivity index (χ3v) is 2.84. The van der Waals surface area contributed by atoms with Crippen LogP contribution in [0.1, 0.15) is 29.6 Å². The second kappa shape index (κ2) is 4.39. The van der Waals surface area contributed by atoms with Gasteiger partial charge in [-0.3, -0.25) is 4.79 Å². The lowest BCUT2D eigenvalue weighted by atomic mass is 10.0. The van der Waals surface area contributed by atoms with E-state index in [4.69, 9.17) is 10.5 Å². The summed E-state index contributed by atoms with van der Waals surface area (Å²) in [5.74, 6) is 0.560.